The first-order chi connectivity index (χ1) is 15.2. The summed E-state index contributed by atoms with van der Waals surface area (Å²) in [6.07, 6.45) is 5.62. The van der Waals surface area contributed by atoms with Gasteiger partial charge in [-0.1, -0.05) is 24.3 Å². The molecule has 7 nitrogen and oxygen atoms in total. The average Bonchev–Trinajstić information content (AvgIpc) is 3.43. The van der Waals surface area contributed by atoms with Crippen molar-refractivity contribution in [3.05, 3.63) is 90.5 Å². The van der Waals surface area contributed by atoms with E-state index in [1.54, 1.807) is 22.0 Å². The Morgan fingerprint density at radius 2 is 1.97 bits per heavy atom. The van der Waals surface area contributed by atoms with Gasteiger partial charge in [0.05, 0.1) is 23.9 Å². The molecule has 4 aromatic rings. The Morgan fingerprint density at radius 1 is 1.13 bits per heavy atom. The van der Waals surface area contributed by atoms with Crippen LogP contribution < -0.4 is 0 Å². The quantitative estimate of drug-likeness (QED) is 0.464. The van der Waals surface area contributed by atoms with Crippen molar-refractivity contribution < 1.29 is 4.79 Å². The minimum atomic E-state index is -0.184. The number of aromatic nitrogens is 4. The molecule has 0 atom stereocenters. The first-order valence-corrected chi connectivity index (χ1v) is 9.99. The zero-order valence-corrected chi connectivity index (χ0v) is 17.2. The summed E-state index contributed by atoms with van der Waals surface area (Å²) < 4.78 is 3.64. The second kappa shape index (κ2) is 9.09. The topological polar surface area (TPSA) is 79.7 Å². The molecule has 0 unspecified atom stereocenters. The molecule has 0 spiro atoms. The molecule has 31 heavy (non-hydrogen) atoms. The molecular weight excluding hydrogens is 388 g/mol. The summed E-state index contributed by atoms with van der Waals surface area (Å²) in [6.45, 7) is 0.692. The Kier molecular flexibility index (Phi) is 5.90. The SMILES string of the molecule is Cn1cccc1-c1cc(C(=O)N(CCC#N)Cc2cccnc2)n(-c2ccccc2)n1. The van der Waals surface area contributed by atoms with Crippen LogP contribution in [0.25, 0.3) is 17.1 Å². The standard InChI is InChI=1S/C24H22N6O/c1-28-14-6-11-22(28)21-16-23(30(27-21)20-9-3-2-4-10-20)24(31)29(15-7-12-25)18-19-8-5-13-26-17-19/h2-6,8-11,13-14,16-17H,7,15,18H2,1H3. The number of hydrogen-bond acceptors (Lipinski definition) is 4. The average molecular weight is 410 g/mol. The maximum atomic E-state index is 13.6. The summed E-state index contributed by atoms with van der Waals surface area (Å²) >= 11 is 0. The lowest BCUT2D eigenvalue weighted by Crippen LogP contribution is -2.33. The Hall–Kier alpha value is -4.18. The minimum absolute atomic E-state index is 0.184. The third-order valence-electron chi connectivity index (χ3n) is 5.01. The van der Waals surface area contributed by atoms with Crippen LogP contribution in [0.5, 0.6) is 0 Å². The Balaban J connectivity index is 1.76. The number of aryl methyl sites for hydroxylation is 1. The first kappa shape index (κ1) is 20.1. The fourth-order valence-electron chi connectivity index (χ4n) is 3.46. The number of hydrogen-bond donors (Lipinski definition) is 0. The molecule has 0 aliphatic carbocycles. The van der Waals surface area contributed by atoms with Crippen molar-refractivity contribution in [1.29, 1.82) is 5.26 Å². The number of nitrogens with zero attached hydrogens (tertiary/aromatic N) is 6. The van der Waals surface area contributed by atoms with Gasteiger partial charge in [-0.15, -0.1) is 0 Å². The number of pyridine rings is 1. The van der Waals surface area contributed by atoms with Crippen LogP contribution in [0, 0.1) is 11.3 Å². The highest BCUT2D eigenvalue weighted by Gasteiger charge is 2.23. The third-order valence-corrected chi connectivity index (χ3v) is 5.01. The molecule has 0 bridgehead atoms. The molecule has 4 rings (SSSR count). The van der Waals surface area contributed by atoms with E-state index < -0.39 is 0 Å². The summed E-state index contributed by atoms with van der Waals surface area (Å²) in [7, 11) is 1.94. The van der Waals surface area contributed by atoms with Gasteiger partial charge in [-0.3, -0.25) is 9.78 Å². The molecular formula is C24H22N6O. The molecule has 1 aromatic carbocycles. The molecule has 0 radical (unpaired) electrons. The van der Waals surface area contributed by atoms with Crippen LogP contribution in [-0.4, -0.2) is 36.7 Å². The van der Waals surface area contributed by atoms with E-state index >= 15 is 0 Å². The highest BCUT2D eigenvalue weighted by molar-refractivity contribution is 5.94. The highest BCUT2D eigenvalue weighted by Crippen LogP contribution is 2.23. The van der Waals surface area contributed by atoms with E-state index in [1.165, 1.54) is 0 Å². The van der Waals surface area contributed by atoms with Crippen LogP contribution in [0.1, 0.15) is 22.5 Å². The number of amides is 1. The van der Waals surface area contributed by atoms with Gasteiger partial charge in [-0.05, 0) is 42.0 Å². The number of benzene rings is 1. The van der Waals surface area contributed by atoms with E-state index in [4.69, 9.17) is 10.4 Å². The Morgan fingerprint density at radius 3 is 2.65 bits per heavy atom. The van der Waals surface area contributed by atoms with Crippen LogP contribution in [0.3, 0.4) is 0 Å². The molecule has 0 fully saturated rings. The van der Waals surface area contributed by atoms with Crippen molar-refractivity contribution in [3.8, 4) is 23.1 Å². The molecule has 0 saturated carbocycles. The van der Waals surface area contributed by atoms with Crippen molar-refractivity contribution >= 4 is 5.91 Å². The van der Waals surface area contributed by atoms with Gasteiger partial charge in [0.1, 0.15) is 11.4 Å². The van der Waals surface area contributed by atoms with E-state index in [1.807, 2.05) is 78.5 Å². The van der Waals surface area contributed by atoms with Crippen molar-refractivity contribution in [2.45, 2.75) is 13.0 Å². The van der Waals surface area contributed by atoms with Crippen LogP contribution in [0.15, 0.2) is 79.3 Å². The van der Waals surface area contributed by atoms with Gasteiger partial charge in [-0.25, -0.2) is 4.68 Å². The van der Waals surface area contributed by atoms with Gasteiger partial charge < -0.3 is 9.47 Å². The van der Waals surface area contributed by atoms with Crippen molar-refractivity contribution in [2.75, 3.05) is 6.54 Å². The fraction of sp³-hybridized carbons (Fsp3) is 0.167. The zero-order chi connectivity index (χ0) is 21.6. The van der Waals surface area contributed by atoms with Crippen LogP contribution >= 0.6 is 0 Å². The van der Waals surface area contributed by atoms with E-state index in [9.17, 15) is 4.79 Å². The fourth-order valence-corrected chi connectivity index (χ4v) is 3.46. The molecule has 1 amide bonds. The molecule has 0 aliphatic heterocycles. The zero-order valence-electron chi connectivity index (χ0n) is 17.2. The van der Waals surface area contributed by atoms with Crippen LogP contribution in [-0.2, 0) is 13.6 Å². The lowest BCUT2D eigenvalue weighted by Gasteiger charge is -2.22. The predicted molar refractivity (Wildman–Crippen MR) is 117 cm³/mol. The van der Waals surface area contributed by atoms with Crippen molar-refractivity contribution in [1.82, 2.24) is 24.2 Å². The van der Waals surface area contributed by atoms with E-state index in [0.717, 1.165) is 16.9 Å². The van der Waals surface area contributed by atoms with Crippen molar-refractivity contribution in [2.24, 2.45) is 7.05 Å². The number of nitriles is 1. The van der Waals surface area contributed by atoms with Gasteiger partial charge in [-0.2, -0.15) is 10.4 Å². The number of carbonyl (C=O) groups is 1. The number of para-hydroxylation sites is 1. The minimum Gasteiger partial charge on any atom is -0.349 e. The number of rotatable bonds is 7. The van der Waals surface area contributed by atoms with E-state index in [-0.39, 0.29) is 12.3 Å². The summed E-state index contributed by atoms with van der Waals surface area (Å²) in [6, 6.07) is 21.2. The second-order valence-electron chi connectivity index (χ2n) is 7.16. The Labute approximate surface area is 180 Å². The molecule has 7 heteroatoms. The maximum absolute atomic E-state index is 13.6. The van der Waals surface area contributed by atoms with Gasteiger partial charge in [0.25, 0.3) is 5.91 Å². The summed E-state index contributed by atoms with van der Waals surface area (Å²) in [5.74, 6) is -0.184. The third kappa shape index (κ3) is 4.38. The molecule has 0 aliphatic rings. The van der Waals surface area contributed by atoms with Gasteiger partial charge >= 0.3 is 0 Å². The molecule has 154 valence electrons. The predicted octanol–water partition coefficient (Wildman–Crippen LogP) is 3.83. The van der Waals surface area contributed by atoms with Gasteiger partial charge in [0, 0.05) is 38.7 Å². The van der Waals surface area contributed by atoms with Crippen LogP contribution in [0.4, 0.5) is 0 Å². The van der Waals surface area contributed by atoms with Gasteiger partial charge in [0.2, 0.25) is 0 Å². The molecule has 3 heterocycles. The van der Waals surface area contributed by atoms with Crippen LogP contribution in [0.2, 0.25) is 0 Å². The largest absolute Gasteiger partial charge is 0.349 e. The van der Waals surface area contributed by atoms with Gasteiger partial charge in [0.15, 0.2) is 0 Å². The van der Waals surface area contributed by atoms with E-state index in [0.29, 0.717) is 24.5 Å². The maximum Gasteiger partial charge on any atom is 0.272 e. The summed E-state index contributed by atoms with van der Waals surface area (Å²) in [5, 5.41) is 13.9. The normalized spacial score (nSPS) is 10.6. The molecule has 0 N–H and O–H groups in total. The monoisotopic (exact) mass is 410 g/mol. The smallest absolute Gasteiger partial charge is 0.272 e. The Bertz CT molecular complexity index is 1200. The second-order valence-corrected chi connectivity index (χ2v) is 7.16. The number of carbonyl (C=O) groups excluding carboxylic acids is 1. The first-order valence-electron chi connectivity index (χ1n) is 9.99. The highest BCUT2D eigenvalue weighted by atomic mass is 16.2. The summed E-state index contributed by atoms with van der Waals surface area (Å²) in [4.78, 5) is 19.5. The molecule has 3 aromatic heterocycles. The van der Waals surface area contributed by atoms with Crippen molar-refractivity contribution in [3.63, 3.8) is 0 Å². The summed E-state index contributed by atoms with van der Waals surface area (Å²) in [5.41, 5.74) is 3.78. The lowest BCUT2D eigenvalue weighted by atomic mass is 10.2. The molecule has 0 saturated heterocycles. The van der Waals surface area contributed by atoms with E-state index in [2.05, 4.69) is 11.1 Å². The lowest BCUT2D eigenvalue weighted by molar-refractivity contribution is 0.0737.